The van der Waals surface area contributed by atoms with Crippen LogP contribution < -0.4 is 0 Å². The summed E-state index contributed by atoms with van der Waals surface area (Å²) in [5.74, 6) is 0.0333. The molecular formula is C24H26N4O3S. The molecule has 7 nitrogen and oxygen atoms in total. The Kier molecular flexibility index (Phi) is 6.34. The van der Waals surface area contributed by atoms with Crippen molar-refractivity contribution in [1.82, 2.24) is 14.8 Å². The van der Waals surface area contributed by atoms with E-state index in [9.17, 15) is 14.9 Å². The van der Waals surface area contributed by atoms with Crippen LogP contribution in [0.4, 0.5) is 5.69 Å². The summed E-state index contributed by atoms with van der Waals surface area (Å²) < 4.78 is 0. The number of nitrogens with zero attached hydrogens (tertiary/aromatic N) is 4. The Morgan fingerprint density at radius 3 is 2.53 bits per heavy atom. The molecule has 1 aliphatic rings. The average Bonchev–Trinajstić information content (AvgIpc) is 3.15. The zero-order chi connectivity index (χ0) is 22.8. The molecule has 1 fully saturated rings. The van der Waals surface area contributed by atoms with Crippen LogP contribution in [0, 0.1) is 30.9 Å². The molecule has 2 heterocycles. The van der Waals surface area contributed by atoms with Gasteiger partial charge in [-0.1, -0.05) is 35.9 Å². The molecule has 1 saturated heterocycles. The lowest BCUT2D eigenvalue weighted by Crippen LogP contribution is -2.48. The maximum atomic E-state index is 13.2. The third-order valence-electron chi connectivity index (χ3n) is 5.79. The van der Waals surface area contributed by atoms with Crippen LogP contribution >= 0.6 is 11.3 Å². The summed E-state index contributed by atoms with van der Waals surface area (Å²) in [6.07, 6.45) is 0. The highest BCUT2D eigenvalue weighted by Gasteiger charge is 2.26. The minimum atomic E-state index is -0.371. The topological polar surface area (TPSA) is 79.6 Å². The van der Waals surface area contributed by atoms with Gasteiger partial charge < -0.3 is 4.90 Å². The number of hydrogen-bond acceptors (Lipinski definition) is 6. The quantitative estimate of drug-likeness (QED) is 0.419. The van der Waals surface area contributed by atoms with Gasteiger partial charge in [-0.25, -0.2) is 4.98 Å². The molecule has 32 heavy (non-hydrogen) atoms. The maximum absolute atomic E-state index is 13.2. The highest BCUT2D eigenvalue weighted by atomic mass is 32.1. The molecule has 0 N–H and O–H groups in total. The maximum Gasteiger partial charge on any atom is 0.269 e. The van der Waals surface area contributed by atoms with Crippen LogP contribution in [0.25, 0.3) is 10.6 Å². The summed E-state index contributed by atoms with van der Waals surface area (Å²) in [5.41, 5.74) is 5.23. The number of amides is 1. The molecule has 166 valence electrons. The van der Waals surface area contributed by atoms with Gasteiger partial charge in [0.1, 0.15) is 9.88 Å². The van der Waals surface area contributed by atoms with Crippen molar-refractivity contribution in [3.8, 4) is 10.6 Å². The van der Waals surface area contributed by atoms with Crippen molar-refractivity contribution < 1.29 is 9.72 Å². The molecule has 4 rings (SSSR count). The first-order chi connectivity index (χ1) is 15.3. The number of non-ortho nitro benzene ring substituents is 1. The van der Waals surface area contributed by atoms with Crippen molar-refractivity contribution in [3.05, 3.63) is 79.8 Å². The summed E-state index contributed by atoms with van der Waals surface area (Å²) >= 11 is 1.46. The van der Waals surface area contributed by atoms with Gasteiger partial charge in [0.2, 0.25) is 0 Å². The molecular weight excluding hydrogens is 424 g/mol. The third-order valence-corrected chi connectivity index (χ3v) is 6.97. The van der Waals surface area contributed by atoms with Gasteiger partial charge in [0, 0.05) is 50.4 Å². The van der Waals surface area contributed by atoms with Crippen molar-refractivity contribution in [3.63, 3.8) is 0 Å². The number of rotatable bonds is 5. The van der Waals surface area contributed by atoms with Crippen LogP contribution in [-0.4, -0.2) is 51.8 Å². The van der Waals surface area contributed by atoms with Crippen LogP contribution in [0.15, 0.2) is 42.5 Å². The number of piperazine rings is 1. The first-order valence-electron chi connectivity index (χ1n) is 10.6. The van der Waals surface area contributed by atoms with E-state index in [4.69, 9.17) is 0 Å². The van der Waals surface area contributed by atoms with Crippen LogP contribution in [-0.2, 0) is 6.54 Å². The fraction of sp³-hybridized carbons (Fsp3) is 0.333. The number of benzene rings is 2. The van der Waals surface area contributed by atoms with Gasteiger partial charge in [-0.15, -0.1) is 11.3 Å². The summed E-state index contributed by atoms with van der Waals surface area (Å²) in [6.45, 7) is 9.40. The molecule has 0 unspecified atom stereocenters. The van der Waals surface area contributed by atoms with E-state index in [-0.39, 0.29) is 16.5 Å². The van der Waals surface area contributed by atoms with Crippen molar-refractivity contribution >= 4 is 22.9 Å². The van der Waals surface area contributed by atoms with Crippen molar-refractivity contribution in [2.75, 3.05) is 26.2 Å². The van der Waals surface area contributed by atoms with E-state index in [1.54, 1.807) is 12.1 Å². The average molecular weight is 451 g/mol. The van der Waals surface area contributed by atoms with E-state index >= 15 is 0 Å². The third kappa shape index (κ3) is 4.71. The number of carbonyl (C=O) groups excluding carboxylic acids is 1. The first-order valence-corrected chi connectivity index (χ1v) is 11.4. The molecule has 1 aliphatic heterocycles. The molecule has 0 bridgehead atoms. The van der Waals surface area contributed by atoms with Crippen LogP contribution in [0.3, 0.4) is 0 Å². The smallest absolute Gasteiger partial charge is 0.269 e. The van der Waals surface area contributed by atoms with Gasteiger partial charge in [-0.3, -0.25) is 19.8 Å². The number of thiazole rings is 1. The minimum Gasteiger partial charge on any atom is -0.335 e. The monoisotopic (exact) mass is 450 g/mol. The number of nitro benzene ring substituents is 1. The lowest BCUT2D eigenvalue weighted by molar-refractivity contribution is -0.384. The number of carbonyl (C=O) groups is 1. The SMILES string of the molecule is Cc1ccc(-c2nc(C)c(C(=O)N3CCN(Cc4cccc([N+](=O)[O-])c4)CC3)s2)c(C)c1. The van der Waals surface area contributed by atoms with Crippen molar-refractivity contribution in [2.24, 2.45) is 0 Å². The van der Waals surface area contributed by atoms with Gasteiger partial charge in [0.15, 0.2) is 0 Å². The lowest BCUT2D eigenvalue weighted by atomic mass is 10.1. The fourth-order valence-electron chi connectivity index (χ4n) is 4.04. The Morgan fingerprint density at radius 2 is 1.84 bits per heavy atom. The second kappa shape index (κ2) is 9.18. The number of aryl methyl sites for hydroxylation is 3. The summed E-state index contributed by atoms with van der Waals surface area (Å²) in [4.78, 5) is 33.3. The molecule has 3 aromatic rings. The Balaban J connectivity index is 1.41. The molecule has 0 aliphatic carbocycles. The van der Waals surface area contributed by atoms with E-state index in [1.165, 1.54) is 23.0 Å². The van der Waals surface area contributed by atoms with Gasteiger partial charge >= 0.3 is 0 Å². The van der Waals surface area contributed by atoms with Crippen LogP contribution in [0.2, 0.25) is 0 Å². The Labute approximate surface area is 191 Å². The predicted molar refractivity (Wildman–Crippen MR) is 126 cm³/mol. The molecule has 0 spiro atoms. The van der Waals surface area contributed by atoms with E-state index in [0.717, 1.165) is 40.5 Å². The number of hydrogen-bond donors (Lipinski definition) is 0. The normalized spacial score (nSPS) is 14.5. The Hall–Kier alpha value is -3.10. The zero-order valence-electron chi connectivity index (χ0n) is 18.5. The van der Waals surface area contributed by atoms with Crippen LogP contribution in [0.5, 0.6) is 0 Å². The van der Waals surface area contributed by atoms with Crippen molar-refractivity contribution in [2.45, 2.75) is 27.3 Å². The first kappa shape index (κ1) is 22.1. The molecule has 1 aromatic heterocycles. The van der Waals surface area contributed by atoms with E-state index < -0.39 is 0 Å². The highest BCUT2D eigenvalue weighted by molar-refractivity contribution is 7.17. The molecule has 1 amide bonds. The Bertz CT molecular complexity index is 1170. The van der Waals surface area contributed by atoms with E-state index in [1.807, 2.05) is 17.9 Å². The molecule has 2 aromatic carbocycles. The van der Waals surface area contributed by atoms with E-state index in [0.29, 0.717) is 24.5 Å². The lowest BCUT2D eigenvalue weighted by Gasteiger charge is -2.34. The predicted octanol–water partition coefficient (Wildman–Crippen LogP) is 4.60. The molecule has 0 atom stereocenters. The largest absolute Gasteiger partial charge is 0.335 e. The summed E-state index contributed by atoms with van der Waals surface area (Å²) in [5, 5.41) is 11.9. The Morgan fingerprint density at radius 1 is 1.09 bits per heavy atom. The number of nitro groups is 1. The van der Waals surface area contributed by atoms with E-state index in [2.05, 4.69) is 41.9 Å². The van der Waals surface area contributed by atoms with Gasteiger partial charge in [0.05, 0.1) is 10.6 Å². The fourth-order valence-corrected chi connectivity index (χ4v) is 5.17. The second-order valence-electron chi connectivity index (χ2n) is 8.25. The molecule has 0 saturated carbocycles. The van der Waals surface area contributed by atoms with Gasteiger partial charge in [-0.05, 0) is 31.9 Å². The minimum absolute atomic E-state index is 0.0333. The zero-order valence-corrected chi connectivity index (χ0v) is 19.3. The second-order valence-corrected chi connectivity index (χ2v) is 9.25. The van der Waals surface area contributed by atoms with Gasteiger partial charge in [-0.2, -0.15) is 0 Å². The van der Waals surface area contributed by atoms with Gasteiger partial charge in [0.25, 0.3) is 11.6 Å². The summed E-state index contributed by atoms with van der Waals surface area (Å²) in [7, 11) is 0. The summed E-state index contributed by atoms with van der Waals surface area (Å²) in [6, 6.07) is 13.0. The van der Waals surface area contributed by atoms with Crippen molar-refractivity contribution in [1.29, 1.82) is 0 Å². The van der Waals surface area contributed by atoms with Crippen LogP contribution in [0.1, 0.15) is 32.1 Å². The molecule has 8 heteroatoms. The highest BCUT2D eigenvalue weighted by Crippen LogP contribution is 2.31. The number of aromatic nitrogens is 1. The standard InChI is InChI=1S/C24H26N4O3S/c1-16-7-8-21(17(2)13-16)23-25-18(3)22(32-23)24(29)27-11-9-26(10-12-27)15-19-5-4-6-20(14-19)28(30)31/h4-8,13-14H,9-12,15H2,1-3H3. The molecule has 0 radical (unpaired) electrons.